The Morgan fingerprint density at radius 1 is 1.32 bits per heavy atom. The van der Waals surface area contributed by atoms with Gasteiger partial charge >= 0.3 is 6.03 Å². The SMILES string of the molecule is CCC1(C)NC(=O)N(NC(=O)CSc2nnc(N3CCCC3)n2Cc2ccco2)C1=O. The summed E-state index contributed by atoms with van der Waals surface area (Å²) in [4.78, 5) is 39.1. The van der Waals surface area contributed by atoms with Gasteiger partial charge in [-0.05, 0) is 38.3 Å². The second-order valence-electron chi connectivity index (χ2n) is 7.72. The van der Waals surface area contributed by atoms with E-state index in [0.717, 1.165) is 42.6 Å². The van der Waals surface area contributed by atoms with Crippen molar-refractivity contribution in [2.24, 2.45) is 0 Å². The number of nitrogens with one attached hydrogen (secondary N) is 2. The molecule has 1 atom stereocenters. The highest BCUT2D eigenvalue weighted by Gasteiger charge is 2.47. The smallest absolute Gasteiger partial charge is 0.344 e. The van der Waals surface area contributed by atoms with Gasteiger partial charge in [0.2, 0.25) is 11.9 Å². The van der Waals surface area contributed by atoms with Crippen molar-refractivity contribution in [2.75, 3.05) is 23.7 Å². The minimum Gasteiger partial charge on any atom is -0.467 e. The van der Waals surface area contributed by atoms with E-state index in [2.05, 4.69) is 25.8 Å². The Morgan fingerprint density at radius 2 is 2.10 bits per heavy atom. The molecular weight excluding hydrogens is 422 g/mol. The summed E-state index contributed by atoms with van der Waals surface area (Å²) in [6.45, 7) is 5.68. The summed E-state index contributed by atoms with van der Waals surface area (Å²) in [5.74, 6) is 0.505. The summed E-state index contributed by atoms with van der Waals surface area (Å²) < 4.78 is 7.40. The fourth-order valence-corrected chi connectivity index (χ4v) is 4.27. The van der Waals surface area contributed by atoms with Gasteiger partial charge in [-0.15, -0.1) is 10.2 Å². The molecule has 4 rings (SSSR count). The van der Waals surface area contributed by atoms with Gasteiger partial charge in [-0.25, -0.2) is 4.79 Å². The van der Waals surface area contributed by atoms with E-state index in [1.165, 1.54) is 11.8 Å². The van der Waals surface area contributed by atoms with Crippen molar-refractivity contribution in [3.05, 3.63) is 24.2 Å². The molecule has 2 aliphatic rings. The molecule has 2 N–H and O–H groups in total. The van der Waals surface area contributed by atoms with E-state index < -0.39 is 23.4 Å². The molecule has 12 heteroatoms. The van der Waals surface area contributed by atoms with Crippen LogP contribution >= 0.6 is 11.8 Å². The molecule has 166 valence electrons. The molecule has 1 unspecified atom stereocenters. The summed E-state index contributed by atoms with van der Waals surface area (Å²) in [5, 5.41) is 12.5. The highest BCUT2D eigenvalue weighted by atomic mass is 32.2. The largest absolute Gasteiger partial charge is 0.467 e. The summed E-state index contributed by atoms with van der Waals surface area (Å²) in [7, 11) is 0. The first kappa shape index (κ1) is 21.2. The molecule has 2 saturated heterocycles. The monoisotopic (exact) mass is 447 g/mol. The molecule has 0 bridgehead atoms. The first-order valence-corrected chi connectivity index (χ1v) is 11.2. The predicted octanol–water partition coefficient (Wildman–Crippen LogP) is 1.36. The van der Waals surface area contributed by atoms with E-state index >= 15 is 0 Å². The number of aromatic nitrogens is 3. The standard InChI is InChI=1S/C19H25N7O4S/c1-3-19(2)15(28)26(17(29)20-19)23-14(27)12-31-18-22-21-16(24-8-4-5-9-24)25(18)11-13-7-6-10-30-13/h6-7,10H,3-5,8-9,11-12H2,1-2H3,(H,20,29)(H,23,27). The van der Waals surface area contributed by atoms with Crippen LogP contribution in [0.5, 0.6) is 0 Å². The average Bonchev–Trinajstić information content (AvgIpc) is 3.54. The van der Waals surface area contributed by atoms with Crippen LogP contribution in [0.3, 0.4) is 0 Å². The zero-order valence-corrected chi connectivity index (χ0v) is 18.3. The molecule has 4 amide bonds. The lowest BCUT2D eigenvalue weighted by molar-refractivity contribution is -0.137. The van der Waals surface area contributed by atoms with Crippen molar-refractivity contribution >= 4 is 35.6 Å². The van der Waals surface area contributed by atoms with Crippen LogP contribution < -0.4 is 15.6 Å². The molecule has 2 aliphatic heterocycles. The number of amides is 4. The van der Waals surface area contributed by atoms with Gasteiger partial charge in [0.1, 0.15) is 11.3 Å². The van der Waals surface area contributed by atoms with Gasteiger partial charge in [-0.3, -0.25) is 19.6 Å². The van der Waals surface area contributed by atoms with E-state index in [1.807, 2.05) is 16.7 Å². The zero-order valence-electron chi connectivity index (χ0n) is 17.5. The lowest BCUT2D eigenvalue weighted by Gasteiger charge is -2.19. The molecule has 0 spiro atoms. The first-order valence-electron chi connectivity index (χ1n) is 10.2. The van der Waals surface area contributed by atoms with E-state index in [9.17, 15) is 14.4 Å². The van der Waals surface area contributed by atoms with E-state index in [-0.39, 0.29) is 5.75 Å². The third-order valence-corrected chi connectivity index (χ3v) is 6.48. The first-order chi connectivity index (χ1) is 14.9. The van der Waals surface area contributed by atoms with Crippen molar-refractivity contribution in [1.29, 1.82) is 0 Å². The minimum atomic E-state index is -1.01. The maximum atomic E-state index is 12.5. The topological polar surface area (TPSA) is 126 Å². The summed E-state index contributed by atoms with van der Waals surface area (Å²) in [5.41, 5.74) is 1.38. The number of hydrogen-bond donors (Lipinski definition) is 2. The van der Waals surface area contributed by atoms with Gasteiger partial charge in [0.05, 0.1) is 18.6 Å². The Labute approximate surface area is 183 Å². The van der Waals surface area contributed by atoms with Crippen molar-refractivity contribution in [3.63, 3.8) is 0 Å². The Hall–Kier alpha value is -3.02. The summed E-state index contributed by atoms with van der Waals surface area (Å²) >= 11 is 1.19. The van der Waals surface area contributed by atoms with Gasteiger partial charge in [0, 0.05) is 13.1 Å². The lowest BCUT2D eigenvalue weighted by Crippen LogP contribution is -2.49. The number of hydrazine groups is 1. The highest BCUT2D eigenvalue weighted by molar-refractivity contribution is 7.99. The fraction of sp³-hybridized carbons (Fsp3) is 0.526. The maximum Gasteiger partial charge on any atom is 0.344 e. The van der Waals surface area contributed by atoms with Crippen LogP contribution in [0.2, 0.25) is 0 Å². The summed E-state index contributed by atoms with van der Waals surface area (Å²) in [6, 6.07) is 3.06. The molecule has 0 aromatic carbocycles. The Morgan fingerprint density at radius 3 is 2.74 bits per heavy atom. The van der Waals surface area contributed by atoms with Crippen LogP contribution in [0.4, 0.5) is 10.7 Å². The molecule has 31 heavy (non-hydrogen) atoms. The summed E-state index contributed by atoms with van der Waals surface area (Å²) in [6.07, 6.45) is 4.23. The third-order valence-electron chi connectivity index (χ3n) is 5.52. The Balaban J connectivity index is 1.44. The second kappa shape index (κ2) is 8.61. The average molecular weight is 448 g/mol. The van der Waals surface area contributed by atoms with Gasteiger partial charge in [-0.2, -0.15) is 5.01 Å². The van der Waals surface area contributed by atoms with Crippen LogP contribution in [0.25, 0.3) is 0 Å². The minimum absolute atomic E-state index is 0.0316. The third kappa shape index (κ3) is 4.24. The number of urea groups is 1. The molecule has 2 aromatic heterocycles. The number of imide groups is 1. The Bertz CT molecular complexity index is 970. The van der Waals surface area contributed by atoms with E-state index in [1.54, 1.807) is 20.1 Å². The van der Waals surface area contributed by atoms with Gasteiger partial charge in [0.15, 0.2) is 5.16 Å². The number of rotatable bonds is 8. The molecular formula is C19H25N7O4S. The number of carbonyl (C=O) groups is 3. The quantitative estimate of drug-likeness (QED) is 0.459. The second-order valence-corrected chi connectivity index (χ2v) is 8.66. The van der Waals surface area contributed by atoms with Crippen molar-refractivity contribution in [2.45, 2.75) is 50.4 Å². The van der Waals surface area contributed by atoms with Crippen LogP contribution in [0.15, 0.2) is 28.0 Å². The van der Waals surface area contributed by atoms with Crippen LogP contribution in [0, 0.1) is 0 Å². The molecule has 4 heterocycles. The maximum absolute atomic E-state index is 12.5. The Kier molecular flexibility index (Phi) is 5.90. The van der Waals surface area contributed by atoms with Crippen molar-refractivity contribution in [3.8, 4) is 0 Å². The van der Waals surface area contributed by atoms with Crippen LogP contribution in [-0.2, 0) is 16.1 Å². The number of hydrogen-bond acceptors (Lipinski definition) is 8. The van der Waals surface area contributed by atoms with Gasteiger partial charge in [0.25, 0.3) is 5.91 Å². The van der Waals surface area contributed by atoms with Gasteiger partial charge in [-0.1, -0.05) is 18.7 Å². The molecule has 11 nitrogen and oxygen atoms in total. The van der Waals surface area contributed by atoms with Crippen molar-refractivity contribution in [1.82, 2.24) is 30.5 Å². The number of carbonyl (C=O) groups excluding carboxylic acids is 3. The predicted molar refractivity (Wildman–Crippen MR) is 112 cm³/mol. The molecule has 0 radical (unpaired) electrons. The molecule has 2 fully saturated rings. The normalized spacial score (nSPS) is 21.1. The van der Waals surface area contributed by atoms with E-state index in [0.29, 0.717) is 18.1 Å². The van der Waals surface area contributed by atoms with Crippen LogP contribution in [0.1, 0.15) is 38.9 Å². The van der Waals surface area contributed by atoms with E-state index in [4.69, 9.17) is 4.42 Å². The molecule has 0 aliphatic carbocycles. The molecule has 2 aromatic rings. The fourth-order valence-electron chi connectivity index (χ4n) is 3.55. The zero-order chi connectivity index (χ0) is 22.0. The number of thioether (sulfide) groups is 1. The highest BCUT2D eigenvalue weighted by Crippen LogP contribution is 2.26. The lowest BCUT2D eigenvalue weighted by atomic mass is 10.00. The molecule has 0 saturated carbocycles. The van der Waals surface area contributed by atoms with Crippen molar-refractivity contribution < 1.29 is 18.8 Å². The number of anilines is 1. The van der Waals surface area contributed by atoms with Gasteiger partial charge < -0.3 is 14.6 Å². The number of furan rings is 1. The number of nitrogens with zero attached hydrogens (tertiary/aromatic N) is 5. The van der Waals surface area contributed by atoms with Crippen LogP contribution in [-0.4, -0.2) is 62.0 Å².